The van der Waals surface area contributed by atoms with Crippen molar-refractivity contribution >= 4 is 107 Å². The van der Waals surface area contributed by atoms with E-state index in [-0.39, 0.29) is 0 Å². The van der Waals surface area contributed by atoms with E-state index in [0.29, 0.717) is 0 Å². The maximum Gasteiger partial charge on any atom is 0.0541 e. The molecule has 4 heterocycles. The van der Waals surface area contributed by atoms with E-state index in [0.717, 1.165) is 11.4 Å². The van der Waals surface area contributed by atoms with Gasteiger partial charge in [0.1, 0.15) is 0 Å². The van der Waals surface area contributed by atoms with Gasteiger partial charge in [0.2, 0.25) is 0 Å². The SMILES string of the molecule is c1ccc2c(c1)sc1ccc(-c3ccc4c(c3)c3ccccc3n4-c3ccc(-c4ccc(-n5c6ccccc6c6cc(-c7ccc8sc9ccccc9c8c7)ccc65)cc4)cc3)cc12. The van der Waals surface area contributed by atoms with Crippen LogP contribution in [0.3, 0.4) is 0 Å². The Morgan fingerprint density at radius 1 is 0.219 bits per heavy atom. The summed E-state index contributed by atoms with van der Waals surface area (Å²) in [5, 5.41) is 10.4. The Bertz CT molecular complexity index is 3900. The van der Waals surface area contributed by atoms with Crippen LogP contribution in [0.5, 0.6) is 0 Å². The molecule has 0 atom stereocenters. The molecule has 14 rings (SSSR count). The number of benzene rings is 10. The molecule has 0 N–H and O–H groups in total. The molecule has 298 valence electrons. The summed E-state index contributed by atoms with van der Waals surface area (Å²) in [4.78, 5) is 0. The highest BCUT2D eigenvalue weighted by Crippen LogP contribution is 2.41. The van der Waals surface area contributed by atoms with Gasteiger partial charge in [0, 0.05) is 73.3 Å². The second-order valence-electron chi connectivity index (χ2n) is 16.9. The highest BCUT2D eigenvalue weighted by atomic mass is 32.1. The van der Waals surface area contributed by atoms with Crippen LogP contribution in [0.2, 0.25) is 0 Å². The molecule has 4 aromatic heterocycles. The zero-order chi connectivity index (χ0) is 41.9. The number of rotatable bonds is 5. The summed E-state index contributed by atoms with van der Waals surface area (Å²) < 4.78 is 10.2. The van der Waals surface area contributed by atoms with Crippen LogP contribution in [0.1, 0.15) is 0 Å². The van der Waals surface area contributed by atoms with Crippen LogP contribution in [-0.2, 0) is 0 Å². The van der Waals surface area contributed by atoms with Crippen LogP contribution in [0.15, 0.2) is 218 Å². The van der Waals surface area contributed by atoms with Crippen molar-refractivity contribution < 1.29 is 0 Å². The van der Waals surface area contributed by atoms with Crippen molar-refractivity contribution in [3.05, 3.63) is 218 Å². The van der Waals surface area contributed by atoms with Crippen molar-refractivity contribution in [2.24, 2.45) is 0 Å². The quantitative estimate of drug-likeness (QED) is 0.163. The fourth-order valence-electron chi connectivity index (χ4n) is 10.3. The first-order valence-corrected chi connectivity index (χ1v) is 23.4. The Kier molecular flexibility index (Phi) is 7.76. The third-order valence-corrected chi connectivity index (χ3v) is 15.7. The molecule has 64 heavy (non-hydrogen) atoms. The van der Waals surface area contributed by atoms with E-state index in [4.69, 9.17) is 0 Å². The van der Waals surface area contributed by atoms with Crippen molar-refractivity contribution in [2.45, 2.75) is 0 Å². The van der Waals surface area contributed by atoms with Crippen LogP contribution in [-0.4, -0.2) is 9.13 Å². The fourth-order valence-corrected chi connectivity index (χ4v) is 12.5. The van der Waals surface area contributed by atoms with Crippen molar-refractivity contribution in [1.82, 2.24) is 9.13 Å². The topological polar surface area (TPSA) is 9.86 Å². The predicted octanol–water partition coefficient (Wildman–Crippen LogP) is 17.6. The number of aromatic nitrogens is 2. The normalized spacial score (nSPS) is 12.1. The summed E-state index contributed by atoms with van der Waals surface area (Å²) in [5.41, 5.74) is 14.5. The maximum atomic E-state index is 2.41. The Morgan fingerprint density at radius 3 is 0.969 bits per heavy atom. The van der Waals surface area contributed by atoms with E-state index in [1.165, 1.54) is 117 Å². The summed E-state index contributed by atoms with van der Waals surface area (Å²) in [6.45, 7) is 0. The van der Waals surface area contributed by atoms with Gasteiger partial charge in [0.25, 0.3) is 0 Å². The maximum absolute atomic E-state index is 2.41. The smallest absolute Gasteiger partial charge is 0.0541 e. The average Bonchev–Trinajstić information content (AvgIpc) is 4.11. The van der Waals surface area contributed by atoms with Gasteiger partial charge in [0.15, 0.2) is 0 Å². The molecule has 0 aliphatic heterocycles. The van der Waals surface area contributed by atoms with Crippen LogP contribution >= 0.6 is 22.7 Å². The minimum atomic E-state index is 1.15. The van der Waals surface area contributed by atoms with Gasteiger partial charge in [-0.3, -0.25) is 0 Å². The molecule has 0 aliphatic rings. The van der Waals surface area contributed by atoms with Crippen LogP contribution < -0.4 is 0 Å². The van der Waals surface area contributed by atoms with Crippen molar-refractivity contribution in [3.8, 4) is 44.8 Å². The molecular formula is C60H36N2S2. The lowest BCUT2D eigenvalue weighted by Crippen LogP contribution is -1.95. The lowest BCUT2D eigenvalue weighted by Gasteiger charge is -2.11. The molecule has 14 aromatic rings. The minimum absolute atomic E-state index is 1.15. The zero-order valence-corrected chi connectivity index (χ0v) is 36.1. The second kappa shape index (κ2) is 13.9. The summed E-state index contributed by atoms with van der Waals surface area (Å²) in [6, 6.07) is 80.9. The number of nitrogens with zero attached hydrogens (tertiary/aromatic N) is 2. The highest BCUT2D eigenvalue weighted by Gasteiger charge is 2.17. The number of hydrogen-bond acceptors (Lipinski definition) is 2. The van der Waals surface area contributed by atoms with Gasteiger partial charge in [-0.1, -0.05) is 121 Å². The van der Waals surface area contributed by atoms with E-state index in [1.807, 2.05) is 22.7 Å². The molecule has 0 saturated heterocycles. The number of hydrogen-bond donors (Lipinski definition) is 0. The lowest BCUT2D eigenvalue weighted by molar-refractivity contribution is 1.18. The Morgan fingerprint density at radius 2 is 0.531 bits per heavy atom. The number of thiophene rings is 2. The fraction of sp³-hybridized carbons (Fsp3) is 0. The summed E-state index contributed by atoms with van der Waals surface area (Å²) in [5.74, 6) is 0. The Hall–Kier alpha value is -7.76. The van der Waals surface area contributed by atoms with Gasteiger partial charge in [-0.15, -0.1) is 22.7 Å². The van der Waals surface area contributed by atoms with Crippen molar-refractivity contribution in [2.75, 3.05) is 0 Å². The molecule has 0 radical (unpaired) electrons. The summed E-state index contributed by atoms with van der Waals surface area (Å²) >= 11 is 3.73. The van der Waals surface area contributed by atoms with E-state index in [2.05, 4.69) is 228 Å². The first-order valence-electron chi connectivity index (χ1n) is 21.8. The van der Waals surface area contributed by atoms with E-state index < -0.39 is 0 Å². The highest BCUT2D eigenvalue weighted by molar-refractivity contribution is 7.26. The lowest BCUT2D eigenvalue weighted by atomic mass is 10.0. The first-order chi connectivity index (χ1) is 31.7. The number of fused-ring (bicyclic) bond motifs is 12. The Balaban J connectivity index is 0.798. The summed E-state index contributed by atoms with van der Waals surface area (Å²) in [7, 11) is 0. The largest absolute Gasteiger partial charge is 0.309 e. The van der Waals surface area contributed by atoms with E-state index in [1.54, 1.807) is 0 Å². The molecule has 0 bridgehead atoms. The molecule has 10 aromatic carbocycles. The molecule has 0 aliphatic carbocycles. The molecule has 2 nitrogen and oxygen atoms in total. The molecule has 4 heteroatoms. The molecule has 0 fully saturated rings. The van der Waals surface area contributed by atoms with Gasteiger partial charge in [-0.05, 0) is 130 Å². The summed E-state index contributed by atoms with van der Waals surface area (Å²) in [6.07, 6.45) is 0. The van der Waals surface area contributed by atoms with Crippen molar-refractivity contribution in [1.29, 1.82) is 0 Å². The first kappa shape index (κ1) is 35.8. The van der Waals surface area contributed by atoms with Gasteiger partial charge in [-0.2, -0.15) is 0 Å². The monoisotopic (exact) mass is 848 g/mol. The molecule has 0 amide bonds. The standard InChI is InChI=1S/C60H36N2S2/c1-5-13-53-45(9-1)49-33-39(41-23-31-59-51(35-41)47-11-3-7-15-57(47)63-59)21-29-55(49)61(53)43-25-17-37(18-26-43)38-19-27-44(28-20-38)62-54-14-6-2-10-46(54)50-34-40(22-30-56(50)62)42-24-32-60-52(36-42)48-12-4-8-16-58(48)64-60/h1-36H. The van der Waals surface area contributed by atoms with E-state index in [9.17, 15) is 0 Å². The predicted molar refractivity (Wildman–Crippen MR) is 277 cm³/mol. The van der Waals surface area contributed by atoms with Gasteiger partial charge < -0.3 is 9.13 Å². The minimum Gasteiger partial charge on any atom is -0.309 e. The van der Waals surface area contributed by atoms with Gasteiger partial charge in [-0.25, -0.2) is 0 Å². The van der Waals surface area contributed by atoms with Crippen LogP contribution in [0.4, 0.5) is 0 Å². The third-order valence-electron chi connectivity index (χ3n) is 13.3. The zero-order valence-electron chi connectivity index (χ0n) is 34.5. The van der Waals surface area contributed by atoms with Crippen LogP contribution in [0, 0.1) is 0 Å². The molecule has 0 saturated carbocycles. The van der Waals surface area contributed by atoms with Gasteiger partial charge in [0.05, 0.1) is 22.1 Å². The van der Waals surface area contributed by atoms with Crippen molar-refractivity contribution in [3.63, 3.8) is 0 Å². The van der Waals surface area contributed by atoms with E-state index >= 15 is 0 Å². The molecule has 0 spiro atoms. The molecular weight excluding hydrogens is 813 g/mol. The average molecular weight is 849 g/mol. The second-order valence-corrected chi connectivity index (χ2v) is 19.0. The molecule has 0 unspecified atom stereocenters. The third kappa shape index (κ3) is 5.43. The van der Waals surface area contributed by atoms with Gasteiger partial charge >= 0.3 is 0 Å². The van der Waals surface area contributed by atoms with Crippen LogP contribution in [0.25, 0.3) is 129 Å². The Labute approximate surface area is 376 Å². The number of para-hydroxylation sites is 2.